The van der Waals surface area contributed by atoms with E-state index in [2.05, 4.69) is 15.5 Å². The normalized spacial score (nSPS) is 10.3. The number of anilines is 1. The Bertz CT molecular complexity index is 1090. The van der Waals surface area contributed by atoms with E-state index < -0.39 is 23.3 Å². The standard InChI is InChI=1S/C17H9ClFN5O3/c18-11-6-14(10(17(26)27)5-12(11)19)21-16(25)13-1-2-15(23-22-13)24-4-3-9(7-20)8-24/h1-6,8H,(H,21,25)(H,26,27). The van der Waals surface area contributed by atoms with Crippen LogP contribution in [0.15, 0.2) is 42.7 Å². The fraction of sp³-hybridized carbons (Fsp3) is 0. The molecule has 0 spiro atoms. The Morgan fingerprint density at radius 1 is 1.26 bits per heavy atom. The molecule has 0 radical (unpaired) electrons. The van der Waals surface area contributed by atoms with Gasteiger partial charge in [-0.25, -0.2) is 9.18 Å². The van der Waals surface area contributed by atoms with E-state index >= 15 is 0 Å². The molecule has 0 aliphatic carbocycles. The van der Waals surface area contributed by atoms with Gasteiger partial charge in [-0.3, -0.25) is 4.79 Å². The maximum absolute atomic E-state index is 13.5. The number of hydrogen-bond donors (Lipinski definition) is 2. The van der Waals surface area contributed by atoms with E-state index in [1.54, 1.807) is 23.0 Å². The minimum absolute atomic E-state index is 0.0943. The highest BCUT2D eigenvalue weighted by Crippen LogP contribution is 2.25. The number of nitrogens with one attached hydrogen (secondary N) is 1. The van der Waals surface area contributed by atoms with Crippen LogP contribution in [0.5, 0.6) is 0 Å². The second-order valence-electron chi connectivity index (χ2n) is 5.27. The van der Waals surface area contributed by atoms with E-state index in [4.69, 9.17) is 22.0 Å². The van der Waals surface area contributed by atoms with Gasteiger partial charge in [0.1, 0.15) is 11.9 Å². The van der Waals surface area contributed by atoms with Crippen molar-refractivity contribution in [3.8, 4) is 11.9 Å². The van der Waals surface area contributed by atoms with E-state index in [0.717, 1.165) is 6.07 Å². The minimum atomic E-state index is -1.43. The van der Waals surface area contributed by atoms with Crippen molar-refractivity contribution in [2.75, 3.05) is 5.32 Å². The van der Waals surface area contributed by atoms with Crippen molar-refractivity contribution >= 4 is 29.2 Å². The highest BCUT2D eigenvalue weighted by Gasteiger charge is 2.18. The van der Waals surface area contributed by atoms with Crippen LogP contribution in [0.4, 0.5) is 10.1 Å². The fourth-order valence-corrected chi connectivity index (χ4v) is 2.37. The van der Waals surface area contributed by atoms with Crippen molar-refractivity contribution in [2.45, 2.75) is 0 Å². The Hall–Kier alpha value is -3.77. The van der Waals surface area contributed by atoms with Crippen molar-refractivity contribution in [3.05, 3.63) is 70.4 Å². The van der Waals surface area contributed by atoms with Gasteiger partial charge in [0.05, 0.1) is 21.8 Å². The molecule has 3 rings (SSSR count). The van der Waals surface area contributed by atoms with Crippen LogP contribution >= 0.6 is 11.6 Å². The summed E-state index contributed by atoms with van der Waals surface area (Å²) in [5.74, 6) is -2.71. The summed E-state index contributed by atoms with van der Waals surface area (Å²) < 4.78 is 15.0. The molecule has 8 nitrogen and oxygen atoms in total. The lowest BCUT2D eigenvalue weighted by atomic mass is 10.1. The molecule has 10 heteroatoms. The number of nitriles is 1. The van der Waals surface area contributed by atoms with Crippen LogP contribution in [0, 0.1) is 17.1 Å². The number of rotatable bonds is 4. The molecule has 0 aliphatic heterocycles. The maximum Gasteiger partial charge on any atom is 0.337 e. The van der Waals surface area contributed by atoms with E-state index in [1.807, 2.05) is 6.07 Å². The number of amides is 1. The Balaban J connectivity index is 1.84. The minimum Gasteiger partial charge on any atom is -0.478 e. The van der Waals surface area contributed by atoms with Gasteiger partial charge in [-0.15, -0.1) is 10.2 Å². The molecule has 0 unspecified atom stereocenters. The molecule has 0 fully saturated rings. The SMILES string of the molecule is N#Cc1ccn(-c2ccc(C(=O)Nc3cc(Cl)c(F)cc3C(=O)O)nn2)c1. The van der Waals surface area contributed by atoms with Gasteiger partial charge in [0, 0.05) is 12.4 Å². The Kier molecular flexibility index (Phi) is 4.83. The van der Waals surface area contributed by atoms with E-state index in [9.17, 15) is 14.0 Å². The number of benzene rings is 1. The van der Waals surface area contributed by atoms with Crippen molar-refractivity contribution in [1.29, 1.82) is 5.26 Å². The Morgan fingerprint density at radius 2 is 2.04 bits per heavy atom. The van der Waals surface area contributed by atoms with Gasteiger partial charge >= 0.3 is 5.97 Å². The third-order valence-corrected chi connectivity index (χ3v) is 3.80. The molecule has 0 saturated heterocycles. The summed E-state index contributed by atoms with van der Waals surface area (Å²) in [6.07, 6.45) is 3.16. The lowest BCUT2D eigenvalue weighted by Crippen LogP contribution is -2.17. The first-order valence-electron chi connectivity index (χ1n) is 7.35. The molecule has 2 N–H and O–H groups in total. The van der Waals surface area contributed by atoms with Gasteiger partial charge in [-0.2, -0.15) is 5.26 Å². The summed E-state index contributed by atoms with van der Waals surface area (Å²) in [6, 6.07) is 8.16. The molecule has 2 aromatic heterocycles. The lowest BCUT2D eigenvalue weighted by molar-refractivity contribution is 0.0697. The first kappa shape index (κ1) is 18.0. The van der Waals surface area contributed by atoms with Crippen LogP contribution in [-0.2, 0) is 0 Å². The zero-order valence-electron chi connectivity index (χ0n) is 13.3. The van der Waals surface area contributed by atoms with Crippen molar-refractivity contribution in [1.82, 2.24) is 14.8 Å². The molecule has 27 heavy (non-hydrogen) atoms. The zero-order chi connectivity index (χ0) is 19.6. The number of carboxylic acids is 1. The number of carboxylic acid groups (broad SMARTS) is 1. The predicted octanol–water partition coefficient (Wildman–Crippen LogP) is 2.88. The summed E-state index contributed by atoms with van der Waals surface area (Å²) in [5, 5.41) is 27.6. The molecule has 2 heterocycles. The number of aromatic carboxylic acids is 1. The summed E-state index contributed by atoms with van der Waals surface area (Å²) in [6.45, 7) is 0. The average Bonchev–Trinajstić information content (AvgIpc) is 3.13. The van der Waals surface area contributed by atoms with Crippen LogP contribution < -0.4 is 5.32 Å². The van der Waals surface area contributed by atoms with Gasteiger partial charge in [0.2, 0.25) is 0 Å². The summed E-state index contributed by atoms with van der Waals surface area (Å²) in [4.78, 5) is 23.5. The molecular weight excluding hydrogens is 377 g/mol. The smallest absolute Gasteiger partial charge is 0.337 e. The van der Waals surface area contributed by atoms with Crippen LogP contribution in [-0.4, -0.2) is 31.7 Å². The fourth-order valence-electron chi connectivity index (χ4n) is 2.20. The average molecular weight is 386 g/mol. The summed E-state index contributed by atoms with van der Waals surface area (Å²) >= 11 is 5.65. The molecule has 0 atom stereocenters. The number of halogens is 2. The number of hydrogen-bond acceptors (Lipinski definition) is 5. The first-order chi connectivity index (χ1) is 12.9. The lowest BCUT2D eigenvalue weighted by Gasteiger charge is -2.09. The van der Waals surface area contributed by atoms with Crippen LogP contribution in [0.2, 0.25) is 5.02 Å². The number of carbonyl (C=O) groups excluding carboxylic acids is 1. The molecule has 1 amide bonds. The van der Waals surface area contributed by atoms with Crippen molar-refractivity contribution in [2.24, 2.45) is 0 Å². The third kappa shape index (κ3) is 3.75. The molecular formula is C17H9ClFN5O3. The highest BCUT2D eigenvalue weighted by atomic mass is 35.5. The molecule has 0 aliphatic rings. The van der Waals surface area contributed by atoms with Crippen molar-refractivity contribution in [3.63, 3.8) is 0 Å². The molecule has 1 aromatic carbocycles. The summed E-state index contributed by atoms with van der Waals surface area (Å²) in [5.41, 5.74) is -0.281. The number of nitrogens with zero attached hydrogens (tertiary/aromatic N) is 4. The monoisotopic (exact) mass is 385 g/mol. The van der Waals surface area contributed by atoms with Gasteiger partial charge < -0.3 is 15.0 Å². The molecule has 0 bridgehead atoms. The molecule has 134 valence electrons. The van der Waals surface area contributed by atoms with E-state index in [0.29, 0.717) is 17.4 Å². The van der Waals surface area contributed by atoms with Gasteiger partial charge in [0.25, 0.3) is 5.91 Å². The highest BCUT2D eigenvalue weighted by molar-refractivity contribution is 6.31. The Morgan fingerprint density at radius 3 is 2.63 bits per heavy atom. The molecule has 3 aromatic rings. The van der Waals surface area contributed by atoms with Crippen LogP contribution in [0.1, 0.15) is 26.4 Å². The van der Waals surface area contributed by atoms with Gasteiger partial charge in [0.15, 0.2) is 11.5 Å². The van der Waals surface area contributed by atoms with Crippen LogP contribution in [0.25, 0.3) is 5.82 Å². The molecule has 0 saturated carbocycles. The first-order valence-corrected chi connectivity index (χ1v) is 7.72. The predicted molar refractivity (Wildman–Crippen MR) is 92.4 cm³/mol. The second-order valence-corrected chi connectivity index (χ2v) is 5.67. The zero-order valence-corrected chi connectivity index (χ0v) is 14.1. The second kappa shape index (κ2) is 7.23. The van der Waals surface area contributed by atoms with Gasteiger partial charge in [-0.05, 0) is 30.3 Å². The number of carbonyl (C=O) groups is 2. The third-order valence-electron chi connectivity index (χ3n) is 3.51. The van der Waals surface area contributed by atoms with E-state index in [-0.39, 0.29) is 16.4 Å². The van der Waals surface area contributed by atoms with Gasteiger partial charge in [-0.1, -0.05) is 11.6 Å². The van der Waals surface area contributed by atoms with E-state index in [1.165, 1.54) is 12.1 Å². The number of aromatic nitrogens is 3. The quantitative estimate of drug-likeness (QED) is 0.712. The largest absolute Gasteiger partial charge is 0.478 e. The summed E-state index contributed by atoms with van der Waals surface area (Å²) in [7, 11) is 0. The Labute approximate surface area is 156 Å². The topological polar surface area (TPSA) is 121 Å². The van der Waals surface area contributed by atoms with Crippen molar-refractivity contribution < 1.29 is 19.1 Å². The maximum atomic E-state index is 13.5. The van der Waals surface area contributed by atoms with Crippen LogP contribution in [0.3, 0.4) is 0 Å².